The summed E-state index contributed by atoms with van der Waals surface area (Å²) >= 11 is 1.63. The lowest BCUT2D eigenvalue weighted by molar-refractivity contribution is -0.145. The van der Waals surface area contributed by atoms with Crippen LogP contribution in [-0.4, -0.2) is 37.3 Å². The Balaban J connectivity index is 2.05. The van der Waals surface area contributed by atoms with Crippen LogP contribution in [0, 0.1) is 0 Å². The summed E-state index contributed by atoms with van der Waals surface area (Å²) in [5.74, 6) is -0.331. The summed E-state index contributed by atoms with van der Waals surface area (Å²) in [6.45, 7) is 4.92. The zero-order valence-electron chi connectivity index (χ0n) is 11.6. The van der Waals surface area contributed by atoms with E-state index in [4.69, 9.17) is 9.47 Å². The van der Waals surface area contributed by atoms with Gasteiger partial charge in [-0.05, 0) is 26.7 Å². The number of rotatable bonds is 6. The smallest absolute Gasteiger partial charge is 0.315 e. The molecule has 1 aromatic rings. The third-order valence-electron chi connectivity index (χ3n) is 3.08. The van der Waals surface area contributed by atoms with Gasteiger partial charge in [-0.3, -0.25) is 4.79 Å². The van der Waals surface area contributed by atoms with Gasteiger partial charge in [0.2, 0.25) is 0 Å². The van der Waals surface area contributed by atoms with Crippen LogP contribution in [-0.2, 0) is 20.7 Å². The number of esters is 1. The molecule has 2 unspecified atom stereocenters. The highest BCUT2D eigenvalue weighted by atomic mass is 32.1. The molecule has 1 aliphatic carbocycles. The number of nitrogens with zero attached hydrogens (tertiary/aromatic N) is 1. The second kappa shape index (κ2) is 6.34. The van der Waals surface area contributed by atoms with Gasteiger partial charge in [-0.1, -0.05) is 0 Å². The van der Waals surface area contributed by atoms with Gasteiger partial charge >= 0.3 is 5.97 Å². The van der Waals surface area contributed by atoms with Gasteiger partial charge < -0.3 is 14.8 Å². The van der Waals surface area contributed by atoms with Crippen LogP contribution in [0.3, 0.4) is 0 Å². The maximum atomic E-state index is 11.8. The summed E-state index contributed by atoms with van der Waals surface area (Å²) in [7, 11) is 1.68. The first-order valence-electron chi connectivity index (χ1n) is 6.57. The largest absolute Gasteiger partial charge is 0.465 e. The van der Waals surface area contributed by atoms with Crippen LogP contribution in [0.1, 0.15) is 36.8 Å². The van der Waals surface area contributed by atoms with E-state index in [9.17, 15) is 4.79 Å². The van der Waals surface area contributed by atoms with E-state index in [1.807, 2.05) is 13.8 Å². The van der Waals surface area contributed by atoms with Gasteiger partial charge in [0.05, 0.1) is 18.9 Å². The fourth-order valence-electron chi connectivity index (χ4n) is 2.26. The molecule has 1 aromatic heterocycles. The Labute approximate surface area is 117 Å². The van der Waals surface area contributed by atoms with E-state index in [0.29, 0.717) is 13.2 Å². The molecule has 0 saturated carbocycles. The minimum atomic E-state index is -0.181. The van der Waals surface area contributed by atoms with Gasteiger partial charge in [0, 0.05) is 18.0 Å². The van der Waals surface area contributed by atoms with Gasteiger partial charge in [-0.2, -0.15) is 0 Å². The average Bonchev–Trinajstić information content (AvgIpc) is 2.88. The van der Waals surface area contributed by atoms with Gasteiger partial charge in [0.1, 0.15) is 5.92 Å². The van der Waals surface area contributed by atoms with E-state index in [0.717, 1.165) is 23.7 Å². The summed E-state index contributed by atoms with van der Waals surface area (Å²) in [6, 6.07) is 0.206. The first-order valence-corrected chi connectivity index (χ1v) is 7.39. The number of hydrogen-bond donors (Lipinski definition) is 1. The van der Waals surface area contributed by atoms with Crippen LogP contribution >= 0.6 is 11.3 Å². The normalized spacial score (nSPS) is 19.0. The zero-order valence-corrected chi connectivity index (χ0v) is 12.4. The van der Waals surface area contributed by atoms with E-state index in [1.165, 1.54) is 4.88 Å². The van der Waals surface area contributed by atoms with E-state index >= 15 is 0 Å². The van der Waals surface area contributed by atoms with Gasteiger partial charge in [0.25, 0.3) is 0 Å². The van der Waals surface area contributed by atoms with Crippen molar-refractivity contribution in [1.82, 2.24) is 4.98 Å². The van der Waals surface area contributed by atoms with Crippen LogP contribution in [0.2, 0.25) is 0 Å². The van der Waals surface area contributed by atoms with Crippen molar-refractivity contribution >= 4 is 22.4 Å². The van der Waals surface area contributed by atoms with Crippen molar-refractivity contribution < 1.29 is 14.3 Å². The summed E-state index contributed by atoms with van der Waals surface area (Å²) in [6.07, 6.45) is 1.73. The lowest BCUT2D eigenvalue weighted by Gasteiger charge is -2.11. The topological polar surface area (TPSA) is 60.5 Å². The molecule has 0 bridgehead atoms. The van der Waals surface area contributed by atoms with E-state index < -0.39 is 0 Å². The third kappa shape index (κ3) is 3.25. The molecule has 106 valence electrons. The molecule has 2 atom stereocenters. The molecular formula is C13H20N2O3S. The second-order valence-electron chi connectivity index (χ2n) is 4.67. The number of carbonyl (C=O) groups is 1. The quantitative estimate of drug-likeness (QED) is 0.811. The number of aromatic nitrogens is 1. The Kier molecular flexibility index (Phi) is 4.76. The number of hydrogen-bond acceptors (Lipinski definition) is 6. The van der Waals surface area contributed by atoms with Crippen LogP contribution < -0.4 is 5.32 Å². The number of carbonyl (C=O) groups excluding carboxylic acids is 1. The molecule has 1 N–H and O–H groups in total. The molecule has 0 amide bonds. The van der Waals surface area contributed by atoms with Crippen LogP contribution in [0.15, 0.2) is 0 Å². The Hall–Kier alpha value is -1.14. The molecular weight excluding hydrogens is 264 g/mol. The highest BCUT2D eigenvalue weighted by Gasteiger charge is 2.33. The monoisotopic (exact) mass is 284 g/mol. The van der Waals surface area contributed by atoms with E-state index in [1.54, 1.807) is 18.4 Å². The number of anilines is 1. The van der Waals surface area contributed by atoms with Crippen molar-refractivity contribution in [2.45, 2.75) is 38.6 Å². The zero-order chi connectivity index (χ0) is 13.8. The molecule has 0 spiro atoms. The van der Waals surface area contributed by atoms with Crippen molar-refractivity contribution in [3.05, 3.63) is 10.6 Å². The predicted octanol–water partition coefficient (Wildman–Crippen LogP) is 2.18. The standard InChI is InChI=1S/C13H20N2O3S/c1-4-18-12(16)9-5-6-10-11(9)15-13(19-10)14-8(2)7-17-3/h8-9H,4-7H2,1-3H3,(H,14,15). The maximum Gasteiger partial charge on any atom is 0.315 e. The lowest BCUT2D eigenvalue weighted by atomic mass is 10.1. The minimum Gasteiger partial charge on any atom is -0.465 e. The SMILES string of the molecule is CCOC(=O)C1CCc2sc(NC(C)COC)nc21. The molecule has 5 nitrogen and oxygen atoms in total. The van der Waals surface area contributed by atoms with Gasteiger partial charge in [0.15, 0.2) is 5.13 Å². The third-order valence-corrected chi connectivity index (χ3v) is 4.14. The number of ether oxygens (including phenoxy) is 2. The molecule has 1 aliphatic rings. The molecule has 0 aromatic carbocycles. The fraction of sp³-hybridized carbons (Fsp3) is 0.692. The highest BCUT2D eigenvalue weighted by Crippen LogP contribution is 2.39. The van der Waals surface area contributed by atoms with Crippen molar-refractivity contribution in [2.24, 2.45) is 0 Å². The van der Waals surface area contributed by atoms with Crippen LogP contribution in [0.25, 0.3) is 0 Å². The minimum absolute atomic E-state index is 0.150. The molecule has 0 fully saturated rings. The molecule has 0 radical (unpaired) electrons. The molecule has 1 heterocycles. The van der Waals surface area contributed by atoms with Crippen molar-refractivity contribution in [3.8, 4) is 0 Å². The molecule has 0 aliphatic heterocycles. The first kappa shape index (κ1) is 14.3. The number of aryl methyl sites for hydroxylation is 1. The number of fused-ring (bicyclic) bond motifs is 1. The van der Waals surface area contributed by atoms with Crippen molar-refractivity contribution in [3.63, 3.8) is 0 Å². The molecule has 6 heteroatoms. The fourth-order valence-corrected chi connectivity index (χ4v) is 3.41. The first-order chi connectivity index (χ1) is 9.15. The van der Waals surface area contributed by atoms with Crippen LogP contribution in [0.5, 0.6) is 0 Å². The van der Waals surface area contributed by atoms with Crippen molar-refractivity contribution in [1.29, 1.82) is 0 Å². The Morgan fingerprint density at radius 3 is 3.11 bits per heavy atom. The average molecular weight is 284 g/mol. The Bertz CT molecular complexity index is 447. The van der Waals surface area contributed by atoms with Gasteiger partial charge in [-0.15, -0.1) is 11.3 Å². The maximum absolute atomic E-state index is 11.8. The summed E-state index contributed by atoms with van der Waals surface area (Å²) in [4.78, 5) is 17.6. The number of methoxy groups -OCH3 is 1. The molecule has 0 saturated heterocycles. The molecule has 2 rings (SSSR count). The molecule has 19 heavy (non-hydrogen) atoms. The van der Waals surface area contributed by atoms with E-state index in [2.05, 4.69) is 10.3 Å². The van der Waals surface area contributed by atoms with Crippen LogP contribution in [0.4, 0.5) is 5.13 Å². The van der Waals surface area contributed by atoms with Gasteiger partial charge in [-0.25, -0.2) is 4.98 Å². The Morgan fingerprint density at radius 1 is 1.63 bits per heavy atom. The van der Waals surface area contributed by atoms with Crippen molar-refractivity contribution in [2.75, 3.05) is 25.6 Å². The van der Waals surface area contributed by atoms with E-state index in [-0.39, 0.29) is 17.9 Å². The lowest BCUT2D eigenvalue weighted by Crippen LogP contribution is -2.21. The Morgan fingerprint density at radius 2 is 2.42 bits per heavy atom. The summed E-state index contributed by atoms with van der Waals surface area (Å²) < 4.78 is 10.2. The summed E-state index contributed by atoms with van der Waals surface area (Å²) in [5.41, 5.74) is 0.899. The number of thiazole rings is 1. The second-order valence-corrected chi connectivity index (χ2v) is 5.76. The summed E-state index contributed by atoms with van der Waals surface area (Å²) in [5, 5.41) is 4.16. The highest BCUT2D eigenvalue weighted by molar-refractivity contribution is 7.15. The predicted molar refractivity (Wildman–Crippen MR) is 74.8 cm³/mol. The number of nitrogens with one attached hydrogen (secondary N) is 1.